The molecule has 0 unspecified atom stereocenters. The number of aromatic amines is 1. The van der Waals surface area contributed by atoms with Gasteiger partial charge in [0.1, 0.15) is 0 Å². The number of para-hydroxylation sites is 1. The first-order valence-corrected chi connectivity index (χ1v) is 4.86. The highest BCUT2D eigenvalue weighted by atomic mass is 16.1. The molecule has 0 atom stereocenters. The van der Waals surface area contributed by atoms with Gasteiger partial charge in [0.15, 0.2) is 0 Å². The van der Waals surface area contributed by atoms with E-state index < -0.39 is 0 Å². The molecule has 1 heterocycles. The normalized spacial score (nSPS) is 9.36. The molecule has 74 valence electrons. The molecule has 2 heteroatoms. The lowest BCUT2D eigenvalue weighted by Gasteiger charge is -1.98. The molecule has 1 N–H and O–H groups in total. The Balaban J connectivity index is 0.000000461. The summed E-state index contributed by atoms with van der Waals surface area (Å²) in [5.41, 5.74) is 1.89. The summed E-state index contributed by atoms with van der Waals surface area (Å²) >= 11 is 0. The van der Waals surface area contributed by atoms with Gasteiger partial charge in [0.2, 0.25) is 5.56 Å². The van der Waals surface area contributed by atoms with Crippen LogP contribution in [0, 0.1) is 6.92 Å². The van der Waals surface area contributed by atoms with E-state index in [1.165, 1.54) is 0 Å². The average Bonchev–Trinajstić information content (AvgIpc) is 2.20. The van der Waals surface area contributed by atoms with E-state index in [4.69, 9.17) is 0 Å². The molecule has 0 aliphatic carbocycles. The Morgan fingerprint density at radius 3 is 2.50 bits per heavy atom. The van der Waals surface area contributed by atoms with E-state index >= 15 is 0 Å². The third kappa shape index (κ3) is 2.02. The number of nitrogens with one attached hydrogen (secondary N) is 1. The van der Waals surface area contributed by atoms with Crippen molar-refractivity contribution in [2.75, 3.05) is 0 Å². The van der Waals surface area contributed by atoms with Gasteiger partial charge in [0, 0.05) is 17.0 Å². The van der Waals surface area contributed by atoms with E-state index in [2.05, 4.69) is 4.98 Å². The Morgan fingerprint density at radius 2 is 1.79 bits per heavy atom. The van der Waals surface area contributed by atoms with Gasteiger partial charge >= 0.3 is 0 Å². The van der Waals surface area contributed by atoms with Gasteiger partial charge in [-0.2, -0.15) is 0 Å². The Kier molecular flexibility index (Phi) is 3.46. The molecule has 0 aliphatic rings. The standard InChI is InChI=1S/C10H9NO.C2H6/c1-7-6-10(12)11-9-5-3-2-4-8(7)9;1-2/h2-6H,1H3,(H,11,12);1-2H3. The summed E-state index contributed by atoms with van der Waals surface area (Å²) < 4.78 is 0. The molecule has 2 rings (SSSR count). The molecule has 0 spiro atoms. The van der Waals surface area contributed by atoms with Crippen LogP contribution in [0.4, 0.5) is 0 Å². The molecule has 2 aromatic rings. The maximum atomic E-state index is 11.0. The molecule has 0 saturated heterocycles. The molecular formula is C12H15NO. The van der Waals surface area contributed by atoms with Gasteiger partial charge in [-0.1, -0.05) is 32.0 Å². The Morgan fingerprint density at radius 1 is 1.14 bits per heavy atom. The van der Waals surface area contributed by atoms with E-state index in [1.807, 2.05) is 45.0 Å². The van der Waals surface area contributed by atoms with Crippen molar-refractivity contribution in [3.8, 4) is 0 Å². The second kappa shape index (κ2) is 4.61. The third-order valence-electron chi connectivity index (χ3n) is 1.96. The van der Waals surface area contributed by atoms with Crippen molar-refractivity contribution >= 4 is 10.9 Å². The van der Waals surface area contributed by atoms with Crippen LogP contribution in [0.2, 0.25) is 0 Å². The molecule has 0 saturated carbocycles. The molecule has 1 aromatic carbocycles. The molecule has 0 fully saturated rings. The zero-order valence-electron chi connectivity index (χ0n) is 8.79. The Hall–Kier alpha value is -1.57. The summed E-state index contributed by atoms with van der Waals surface area (Å²) in [7, 11) is 0. The quantitative estimate of drug-likeness (QED) is 0.679. The molecule has 0 aliphatic heterocycles. The number of hydrogen-bond acceptors (Lipinski definition) is 1. The van der Waals surface area contributed by atoms with Crippen LogP contribution in [0.3, 0.4) is 0 Å². The van der Waals surface area contributed by atoms with Crippen molar-refractivity contribution in [1.29, 1.82) is 0 Å². The highest BCUT2D eigenvalue weighted by Crippen LogP contribution is 2.12. The molecule has 2 nitrogen and oxygen atoms in total. The highest BCUT2D eigenvalue weighted by molar-refractivity contribution is 5.81. The van der Waals surface area contributed by atoms with Crippen LogP contribution in [0.15, 0.2) is 35.1 Å². The first-order valence-electron chi connectivity index (χ1n) is 4.86. The Labute approximate surface area is 83.6 Å². The molecule has 0 radical (unpaired) electrons. The number of H-pyrrole nitrogens is 1. The highest BCUT2D eigenvalue weighted by Gasteiger charge is 1.96. The van der Waals surface area contributed by atoms with Crippen LogP contribution in [-0.2, 0) is 0 Å². The van der Waals surface area contributed by atoms with E-state index in [0.717, 1.165) is 16.5 Å². The minimum Gasteiger partial charge on any atom is -0.322 e. The van der Waals surface area contributed by atoms with Crippen molar-refractivity contribution < 1.29 is 0 Å². The second-order valence-corrected chi connectivity index (χ2v) is 2.86. The van der Waals surface area contributed by atoms with Crippen molar-refractivity contribution in [1.82, 2.24) is 4.98 Å². The molecule has 0 amide bonds. The molecule has 0 bridgehead atoms. The minimum absolute atomic E-state index is 0.0359. The van der Waals surface area contributed by atoms with E-state index in [1.54, 1.807) is 6.07 Å². The summed E-state index contributed by atoms with van der Waals surface area (Å²) in [6.45, 7) is 5.94. The maximum absolute atomic E-state index is 11.0. The van der Waals surface area contributed by atoms with Crippen LogP contribution in [0.5, 0.6) is 0 Å². The van der Waals surface area contributed by atoms with Crippen molar-refractivity contribution in [3.05, 3.63) is 46.2 Å². The van der Waals surface area contributed by atoms with Crippen LogP contribution >= 0.6 is 0 Å². The lowest BCUT2D eigenvalue weighted by Crippen LogP contribution is -2.04. The zero-order valence-corrected chi connectivity index (χ0v) is 8.79. The van der Waals surface area contributed by atoms with Gasteiger partial charge < -0.3 is 4.98 Å². The lowest BCUT2D eigenvalue weighted by atomic mass is 10.1. The summed E-state index contributed by atoms with van der Waals surface area (Å²) in [6, 6.07) is 9.40. The third-order valence-corrected chi connectivity index (χ3v) is 1.96. The first kappa shape index (κ1) is 10.5. The van der Waals surface area contributed by atoms with Crippen molar-refractivity contribution in [3.63, 3.8) is 0 Å². The fourth-order valence-corrected chi connectivity index (χ4v) is 1.38. The van der Waals surface area contributed by atoms with Gasteiger partial charge in [0.05, 0.1) is 0 Å². The number of benzene rings is 1. The second-order valence-electron chi connectivity index (χ2n) is 2.86. The zero-order chi connectivity index (χ0) is 10.6. The summed E-state index contributed by atoms with van der Waals surface area (Å²) in [5.74, 6) is 0. The molecule has 14 heavy (non-hydrogen) atoms. The van der Waals surface area contributed by atoms with Crippen LogP contribution in [0.1, 0.15) is 19.4 Å². The number of fused-ring (bicyclic) bond motifs is 1. The summed E-state index contributed by atoms with van der Waals surface area (Å²) in [4.78, 5) is 13.8. The monoisotopic (exact) mass is 189 g/mol. The van der Waals surface area contributed by atoms with Crippen molar-refractivity contribution in [2.45, 2.75) is 20.8 Å². The summed E-state index contributed by atoms with van der Waals surface area (Å²) in [6.07, 6.45) is 0. The number of pyridine rings is 1. The van der Waals surface area contributed by atoms with E-state index in [-0.39, 0.29) is 5.56 Å². The predicted octanol–water partition coefficient (Wildman–Crippen LogP) is 2.86. The number of hydrogen-bond donors (Lipinski definition) is 1. The Bertz CT molecular complexity index is 471. The lowest BCUT2D eigenvalue weighted by molar-refractivity contribution is 1.28. The molecular weight excluding hydrogens is 174 g/mol. The van der Waals surface area contributed by atoms with Crippen LogP contribution < -0.4 is 5.56 Å². The largest absolute Gasteiger partial charge is 0.322 e. The van der Waals surface area contributed by atoms with Gasteiger partial charge in [-0.05, 0) is 18.6 Å². The van der Waals surface area contributed by atoms with Gasteiger partial charge in [-0.3, -0.25) is 4.79 Å². The van der Waals surface area contributed by atoms with E-state index in [9.17, 15) is 4.79 Å². The maximum Gasteiger partial charge on any atom is 0.248 e. The molecule has 1 aromatic heterocycles. The van der Waals surface area contributed by atoms with Gasteiger partial charge in [-0.25, -0.2) is 0 Å². The van der Waals surface area contributed by atoms with Crippen molar-refractivity contribution in [2.24, 2.45) is 0 Å². The van der Waals surface area contributed by atoms with Crippen LogP contribution in [-0.4, -0.2) is 4.98 Å². The number of aromatic nitrogens is 1. The minimum atomic E-state index is -0.0359. The fraction of sp³-hybridized carbons (Fsp3) is 0.250. The van der Waals surface area contributed by atoms with Gasteiger partial charge in [-0.15, -0.1) is 0 Å². The predicted molar refractivity (Wildman–Crippen MR) is 60.7 cm³/mol. The SMILES string of the molecule is CC.Cc1cc(=O)[nH]c2ccccc12. The average molecular weight is 189 g/mol. The van der Waals surface area contributed by atoms with Gasteiger partial charge in [0.25, 0.3) is 0 Å². The number of aryl methyl sites for hydroxylation is 1. The summed E-state index contributed by atoms with van der Waals surface area (Å²) in [5, 5.41) is 1.11. The number of rotatable bonds is 0. The first-order chi connectivity index (χ1) is 6.77. The van der Waals surface area contributed by atoms with Crippen LogP contribution in [0.25, 0.3) is 10.9 Å². The smallest absolute Gasteiger partial charge is 0.248 e. The topological polar surface area (TPSA) is 32.9 Å². The van der Waals surface area contributed by atoms with E-state index in [0.29, 0.717) is 0 Å². The fourth-order valence-electron chi connectivity index (χ4n) is 1.38.